The van der Waals surface area contributed by atoms with E-state index in [9.17, 15) is 18.0 Å². The molecule has 0 spiro atoms. The molecule has 1 aromatic rings. The first-order chi connectivity index (χ1) is 9.94. The summed E-state index contributed by atoms with van der Waals surface area (Å²) in [6.07, 6.45) is 0.134. The van der Waals surface area contributed by atoms with Crippen LogP contribution in [0.5, 0.6) is 5.75 Å². The van der Waals surface area contributed by atoms with E-state index in [0.717, 1.165) is 25.7 Å². The minimum Gasteiger partial charge on any atom is -0.405 e. The Morgan fingerprint density at radius 1 is 1.24 bits per heavy atom. The molecule has 0 unspecified atom stereocenters. The van der Waals surface area contributed by atoms with Crippen LogP contribution in [0.4, 0.5) is 13.2 Å². The van der Waals surface area contributed by atoms with Crippen molar-refractivity contribution in [3.63, 3.8) is 0 Å². The molecule has 21 heavy (non-hydrogen) atoms. The molecule has 0 aromatic heterocycles. The molecular weight excluding hydrogens is 283 g/mol. The van der Waals surface area contributed by atoms with Gasteiger partial charge in [0, 0.05) is 18.5 Å². The highest BCUT2D eigenvalue weighted by Gasteiger charge is 2.32. The van der Waals surface area contributed by atoms with Crippen LogP contribution in [0.15, 0.2) is 24.3 Å². The Bertz CT molecular complexity index is 482. The van der Waals surface area contributed by atoms with E-state index in [1.807, 2.05) is 0 Å². The highest BCUT2D eigenvalue weighted by molar-refractivity contribution is 5.76. The number of rotatable bonds is 5. The molecule has 0 atom stereocenters. The molecule has 1 aliphatic carbocycles. The summed E-state index contributed by atoms with van der Waals surface area (Å²) in [5, 5.41) is 2.67. The smallest absolute Gasteiger partial charge is 0.405 e. The topological polar surface area (TPSA) is 38.3 Å². The van der Waals surface area contributed by atoms with Gasteiger partial charge in [0.05, 0.1) is 0 Å². The number of alkyl halides is 3. The second kappa shape index (κ2) is 6.83. The minimum absolute atomic E-state index is 0.0395. The molecule has 0 aliphatic heterocycles. The van der Waals surface area contributed by atoms with Crippen molar-refractivity contribution in [2.75, 3.05) is 0 Å². The van der Waals surface area contributed by atoms with Gasteiger partial charge >= 0.3 is 6.36 Å². The summed E-state index contributed by atoms with van der Waals surface area (Å²) in [5.41, 5.74) is 0.314. The van der Waals surface area contributed by atoms with Gasteiger partial charge in [-0.05, 0) is 24.8 Å². The summed E-state index contributed by atoms with van der Waals surface area (Å²) in [5.74, 6) is 0.0153. The van der Waals surface area contributed by atoms with Crippen LogP contribution >= 0.6 is 0 Å². The largest absolute Gasteiger partial charge is 0.573 e. The maximum Gasteiger partial charge on any atom is 0.573 e. The van der Waals surface area contributed by atoms with Crippen LogP contribution in [0, 0.1) is 5.92 Å². The molecule has 1 aliphatic rings. The Morgan fingerprint density at radius 3 is 2.57 bits per heavy atom. The monoisotopic (exact) mass is 301 g/mol. The zero-order valence-electron chi connectivity index (χ0n) is 11.6. The fourth-order valence-electron chi connectivity index (χ4n) is 2.62. The Hall–Kier alpha value is -1.72. The summed E-state index contributed by atoms with van der Waals surface area (Å²) in [4.78, 5) is 11.8. The SMILES string of the molecule is O=C(CC1CCCC1)NCc1ccccc1OC(F)(F)F. The number of ether oxygens (including phenoxy) is 1. The van der Waals surface area contributed by atoms with Crippen LogP contribution in [0.1, 0.15) is 37.7 Å². The second-order valence-electron chi connectivity index (χ2n) is 5.29. The lowest BCUT2D eigenvalue weighted by Gasteiger charge is -2.14. The Kier molecular flexibility index (Phi) is 5.09. The number of benzene rings is 1. The number of nitrogens with one attached hydrogen (secondary N) is 1. The van der Waals surface area contributed by atoms with E-state index < -0.39 is 6.36 Å². The van der Waals surface area contributed by atoms with Crippen molar-refractivity contribution in [1.29, 1.82) is 0 Å². The van der Waals surface area contributed by atoms with E-state index in [1.165, 1.54) is 18.2 Å². The van der Waals surface area contributed by atoms with Crippen molar-refractivity contribution in [1.82, 2.24) is 5.32 Å². The van der Waals surface area contributed by atoms with Crippen LogP contribution in [0.2, 0.25) is 0 Å². The summed E-state index contributed by atoms with van der Waals surface area (Å²) in [7, 11) is 0. The molecule has 0 saturated heterocycles. The molecule has 1 fully saturated rings. The second-order valence-corrected chi connectivity index (χ2v) is 5.29. The van der Waals surface area contributed by atoms with Gasteiger partial charge in [0.2, 0.25) is 5.91 Å². The quantitative estimate of drug-likeness (QED) is 0.898. The molecule has 3 nitrogen and oxygen atoms in total. The molecule has 6 heteroatoms. The Balaban J connectivity index is 1.88. The van der Waals surface area contributed by atoms with Crippen LogP contribution in [-0.4, -0.2) is 12.3 Å². The summed E-state index contributed by atoms with van der Waals surface area (Å²) in [6, 6.07) is 5.83. The third-order valence-corrected chi connectivity index (χ3v) is 3.62. The van der Waals surface area contributed by atoms with Crippen molar-refractivity contribution >= 4 is 5.91 Å². The van der Waals surface area contributed by atoms with Gasteiger partial charge in [0.25, 0.3) is 0 Å². The van der Waals surface area contributed by atoms with Crippen LogP contribution < -0.4 is 10.1 Å². The van der Waals surface area contributed by atoms with E-state index in [2.05, 4.69) is 10.1 Å². The van der Waals surface area contributed by atoms with Gasteiger partial charge in [-0.25, -0.2) is 0 Å². The van der Waals surface area contributed by atoms with Gasteiger partial charge in [-0.15, -0.1) is 13.2 Å². The standard InChI is InChI=1S/C15H18F3NO2/c16-15(17,18)21-13-8-4-3-7-12(13)10-19-14(20)9-11-5-1-2-6-11/h3-4,7-8,11H,1-2,5-6,9-10H2,(H,19,20). The molecule has 0 heterocycles. The lowest BCUT2D eigenvalue weighted by Crippen LogP contribution is -2.25. The average Bonchev–Trinajstić information content (AvgIpc) is 2.89. The van der Waals surface area contributed by atoms with E-state index in [1.54, 1.807) is 6.07 Å². The molecule has 1 saturated carbocycles. The lowest BCUT2D eigenvalue weighted by molar-refractivity contribution is -0.274. The third kappa shape index (κ3) is 5.28. The molecule has 0 bridgehead atoms. The fourth-order valence-corrected chi connectivity index (χ4v) is 2.62. The number of carbonyl (C=O) groups is 1. The summed E-state index contributed by atoms with van der Waals surface area (Å²) < 4.78 is 40.8. The van der Waals surface area contributed by atoms with Gasteiger partial charge in [-0.3, -0.25) is 4.79 Å². The molecule has 0 radical (unpaired) electrons. The van der Waals surface area contributed by atoms with Crippen molar-refractivity contribution in [2.45, 2.75) is 45.0 Å². The van der Waals surface area contributed by atoms with Crippen molar-refractivity contribution < 1.29 is 22.7 Å². The molecular formula is C15H18F3NO2. The van der Waals surface area contributed by atoms with E-state index in [4.69, 9.17) is 0 Å². The Labute approximate surface area is 121 Å². The number of hydrogen-bond donors (Lipinski definition) is 1. The Morgan fingerprint density at radius 2 is 1.90 bits per heavy atom. The lowest BCUT2D eigenvalue weighted by atomic mass is 10.0. The molecule has 1 N–H and O–H groups in total. The van der Waals surface area contributed by atoms with Gasteiger partial charge in [-0.1, -0.05) is 31.0 Å². The zero-order valence-corrected chi connectivity index (χ0v) is 11.6. The average molecular weight is 301 g/mol. The van der Waals surface area contributed by atoms with Crippen LogP contribution in [0.25, 0.3) is 0 Å². The molecule has 116 valence electrons. The van der Waals surface area contributed by atoms with Crippen molar-refractivity contribution in [2.24, 2.45) is 5.92 Å². The first kappa shape index (κ1) is 15.7. The van der Waals surface area contributed by atoms with Gasteiger partial charge < -0.3 is 10.1 Å². The predicted octanol–water partition coefficient (Wildman–Crippen LogP) is 3.78. The number of hydrogen-bond acceptors (Lipinski definition) is 2. The van der Waals surface area contributed by atoms with Gasteiger partial charge in [0.1, 0.15) is 5.75 Å². The number of carbonyl (C=O) groups excluding carboxylic acids is 1. The number of amides is 1. The van der Waals surface area contributed by atoms with Gasteiger partial charge in [-0.2, -0.15) is 0 Å². The molecule has 1 amide bonds. The maximum atomic E-state index is 12.3. The normalized spacial score (nSPS) is 16.0. The summed E-state index contributed by atoms with van der Waals surface area (Å²) >= 11 is 0. The van der Waals surface area contributed by atoms with Crippen molar-refractivity contribution in [3.8, 4) is 5.75 Å². The minimum atomic E-state index is -4.73. The number of halogens is 3. The zero-order chi connectivity index (χ0) is 15.3. The van der Waals surface area contributed by atoms with Crippen LogP contribution in [-0.2, 0) is 11.3 Å². The maximum absolute atomic E-state index is 12.3. The first-order valence-electron chi connectivity index (χ1n) is 7.04. The number of para-hydroxylation sites is 1. The summed E-state index contributed by atoms with van der Waals surface area (Å²) in [6.45, 7) is 0.0395. The van der Waals surface area contributed by atoms with E-state index >= 15 is 0 Å². The van der Waals surface area contributed by atoms with E-state index in [0.29, 0.717) is 17.9 Å². The van der Waals surface area contributed by atoms with E-state index in [-0.39, 0.29) is 18.2 Å². The molecule has 1 aromatic carbocycles. The third-order valence-electron chi connectivity index (χ3n) is 3.62. The predicted molar refractivity (Wildman–Crippen MR) is 71.5 cm³/mol. The fraction of sp³-hybridized carbons (Fsp3) is 0.533. The van der Waals surface area contributed by atoms with Crippen molar-refractivity contribution in [3.05, 3.63) is 29.8 Å². The molecule has 2 rings (SSSR count). The highest BCUT2D eigenvalue weighted by Crippen LogP contribution is 2.28. The highest BCUT2D eigenvalue weighted by atomic mass is 19.4. The van der Waals surface area contributed by atoms with Gasteiger partial charge in [0.15, 0.2) is 0 Å². The first-order valence-corrected chi connectivity index (χ1v) is 7.04. The van der Waals surface area contributed by atoms with Crippen LogP contribution in [0.3, 0.4) is 0 Å².